The molecule has 0 aliphatic carbocycles. The van der Waals surface area contributed by atoms with Crippen LogP contribution in [0.1, 0.15) is 54.3 Å². The van der Waals surface area contributed by atoms with Crippen molar-refractivity contribution < 1.29 is 4.79 Å². The van der Waals surface area contributed by atoms with E-state index in [4.69, 9.17) is 5.73 Å². The van der Waals surface area contributed by atoms with Crippen molar-refractivity contribution in [3.63, 3.8) is 0 Å². The minimum absolute atomic E-state index is 0.0886. The molecule has 3 rings (SSSR count). The third kappa shape index (κ3) is 2.95. The summed E-state index contributed by atoms with van der Waals surface area (Å²) in [5, 5.41) is 7.79. The Labute approximate surface area is 140 Å². The van der Waals surface area contributed by atoms with Gasteiger partial charge in [-0.3, -0.25) is 4.79 Å². The number of anilines is 1. The zero-order chi connectivity index (χ0) is 17.3. The molecule has 2 aromatic heterocycles. The number of aromatic nitrogens is 3. The SMILES string of the molecule is CC(C)c1nn2ccc(N[C@H](C)c3ccccc3)nc2c1C(N)=O. The van der Waals surface area contributed by atoms with E-state index < -0.39 is 5.91 Å². The van der Waals surface area contributed by atoms with Crippen LogP contribution in [-0.4, -0.2) is 20.5 Å². The first-order valence-electron chi connectivity index (χ1n) is 7.98. The van der Waals surface area contributed by atoms with Crippen LogP contribution in [0.4, 0.5) is 5.82 Å². The first-order valence-corrected chi connectivity index (χ1v) is 7.98. The molecule has 0 unspecified atom stereocenters. The summed E-state index contributed by atoms with van der Waals surface area (Å²) in [5.74, 6) is 0.264. The Bertz CT molecular complexity index is 870. The molecule has 0 radical (unpaired) electrons. The molecule has 1 atom stereocenters. The van der Waals surface area contributed by atoms with E-state index >= 15 is 0 Å². The van der Waals surface area contributed by atoms with Crippen molar-refractivity contribution in [1.29, 1.82) is 0 Å². The Kier molecular flexibility index (Phi) is 4.20. The smallest absolute Gasteiger partial charge is 0.254 e. The van der Waals surface area contributed by atoms with E-state index in [0.717, 1.165) is 5.56 Å². The molecule has 0 spiro atoms. The Hall–Kier alpha value is -2.89. The number of carbonyl (C=O) groups is 1. The second-order valence-corrected chi connectivity index (χ2v) is 6.14. The van der Waals surface area contributed by atoms with E-state index in [1.165, 1.54) is 0 Å². The number of nitrogens with two attached hydrogens (primary N) is 1. The molecule has 124 valence electrons. The molecule has 1 aromatic carbocycles. The average Bonchev–Trinajstić information content (AvgIpc) is 2.95. The number of fused-ring (bicyclic) bond motifs is 1. The summed E-state index contributed by atoms with van der Waals surface area (Å²) in [6.07, 6.45) is 1.79. The Morgan fingerprint density at radius 1 is 1.17 bits per heavy atom. The van der Waals surface area contributed by atoms with Crippen LogP contribution in [-0.2, 0) is 0 Å². The second-order valence-electron chi connectivity index (χ2n) is 6.14. The molecule has 0 saturated heterocycles. The molecule has 6 heteroatoms. The summed E-state index contributed by atoms with van der Waals surface area (Å²) in [6.45, 7) is 6.02. The monoisotopic (exact) mass is 323 g/mol. The maximum absolute atomic E-state index is 11.9. The molecule has 3 N–H and O–H groups in total. The van der Waals surface area contributed by atoms with Crippen LogP contribution >= 0.6 is 0 Å². The van der Waals surface area contributed by atoms with E-state index in [9.17, 15) is 4.79 Å². The van der Waals surface area contributed by atoms with Crippen LogP contribution in [0.5, 0.6) is 0 Å². The quantitative estimate of drug-likeness (QED) is 0.755. The molecular weight excluding hydrogens is 302 g/mol. The molecule has 6 nitrogen and oxygen atoms in total. The Morgan fingerprint density at radius 3 is 2.50 bits per heavy atom. The zero-order valence-corrected chi connectivity index (χ0v) is 14.0. The van der Waals surface area contributed by atoms with E-state index in [2.05, 4.69) is 34.5 Å². The number of nitrogens with zero attached hydrogens (tertiary/aromatic N) is 3. The van der Waals surface area contributed by atoms with Crippen LogP contribution in [0.25, 0.3) is 5.65 Å². The number of hydrogen-bond donors (Lipinski definition) is 2. The lowest BCUT2D eigenvalue weighted by Gasteiger charge is -2.14. The van der Waals surface area contributed by atoms with Gasteiger partial charge in [0.05, 0.1) is 5.69 Å². The highest BCUT2D eigenvalue weighted by atomic mass is 16.1. The van der Waals surface area contributed by atoms with Crippen molar-refractivity contribution in [3.8, 4) is 0 Å². The maximum Gasteiger partial charge on any atom is 0.254 e. The highest BCUT2D eigenvalue weighted by molar-refractivity contribution is 6.00. The number of benzene rings is 1. The van der Waals surface area contributed by atoms with Gasteiger partial charge in [-0.2, -0.15) is 5.10 Å². The Balaban J connectivity index is 1.99. The number of hydrogen-bond acceptors (Lipinski definition) is 4. The lowest BCUT2D eigenvalue weighted by atomic mass is 10.1. The van der Waals surface area contributed by atoms with Gasteiger partial charge in [0.15, 0.2) is 5.65 Å². The highest BCUT2D eigenvalue weighted by Crippen LogP contribution is 2.23. The molecule has 0 aliphatic rings. The van der Waals surface area contributed by atoms with Crippen molar-refractivity contribution in [2.45, 2.75) is 32.7 Å². The summed E-state index contributed by atoms with van der Waals surface area (Å²) < 4.78 is 1.60. The lowest BCUT2D eigenvalue weighted by Crippen LogP contribution is -2.14. The largest absolute Gasteiger partial charge is 0.365 e. The molecule has 0 fully saturated rings. The van der Waals surface area contributed by atoms with Crippen LogP contribution in [0, 0.1) is 0 Å². The molecule has 24 heavy (non-hydrogen) atoms. The first kappa shape index (κ1) is 16.0. The fourth-order valence-corrected chi connectivity index (χ4v) is 2.71. The number of rotatable bonds is 5. The molecule has 0 aliphatic heterocycles. The number of primary amides is 1. The fraction of sp³-hybridized carbons (Fsp3) is 0.278. The fourth-order valence-electron chi connectivity index (χ4n) is 2.71. The maximum atomic E-state index is 11.9. The number of amides is 1. The van der Waals surface area contributed by atoms with Crippen LogP contribution in [0.15, 0.2) is 42.6 Å². The van der Waals surface area contributed by atoms with Gasteiger partial charge in [0.2, 0.25) is 0 Å². The molecule has 0 saturated carbocycles. The van der Waals surface area contributed by atoms with Gasteiger partial charge in [0.25, 0.3) is 5.91 Å². The highest BCUT2D eigenvalue weighted by Gasteiger charge is 2.21. The van der Waals surface area contributed by atoms with Gasteiger partial charge >= 0.3 is 0 Å². The first-order chi connectivity index (χ1) is 11.5. The molecule has 1 amide bonds. The summed E-state index contributed by atoms with van der Waals surface area (Å²) >= 11 is 0. The van der Waals surface area contributed by atoms with Crippen LogP contribution in [0.3, 0.4) is 0 Å². The average molecular weight is 323 g/mol. The van der Waals surface area contributed by atoms with Crippen molar-refractivity contribution in [3.05, 3.63) is 59.4 Å². The van der Waals surface area contributed by atoms with Crippen molar-refractivity contribution in [1.82, 2.24) is 14.6 Å². The van der Waals surface area contributed by atoms with E-state index in [0.29, 0.717) is 22.7 Å². The molecule has 0 bridgehead atoms. The normalized spacial score (nSPS) is 12.5. The van der Waals surface area contributed by atoms with Gasteiger partial charge in [-0.15, -0.1) is 0 Å². The topological polar surface area (TPSA) is 85.3 Å². The standard InChI is InChI=1S/C18H21N5O/c1-11(2)16-15(17(19)24)18-21-14(9-10-23(18)22-16)20-12(3)13-7-5-4-6-8-13/h4-12H,1-3H3,(H2,19,24)(H,20,21)/t12-/m1/s1. The summed E-state index contributed by atoms with van der Waals surface area (Å²) in [5.41, 5.74) is 8.25. The minimum Gasteiger partial charge on any atom is -0.365 e. The lowest BCUT2D eigenvalue weighted by molar-refractivity contribution is 0.100. The van der Waals surface area contributed by atoms with Gasteiger partial charge < -0.3 is 11.1 Å². The zero-order valence-electron chi connectivity index (χ0n) is 14.0. The van der Waals surface area contributed by atoms with E-state index in [-0.39, 0.29) is 12.0 Å². The van der Waals surface area contributed by atoms with E-state index in [1.54, 1.807) is 10.7 Å². The Morgan fingerprint density at radius 2 is 1.88 bits per heavy atom. The molecular formula is C18H21N5O. The van der Waals surface area contributed by atoms with Gasteiger partial charge in [-0.25, -0.2) is 9.50 Å². The number of nitrogens with one attached hydrogen (secondary N) is 1. The minimum atomic E-state index is -0.505. The van der Waals surface area contributed by atoms with Crippen molar-refractivity contribution in [2.75, 3.05) is 5.32 Å². The van der Waals surface area contributed by atoms with Gasteiger partial charge in [-0.1, -0.05) is 44.2 Å². The van der Waals surface area contributed by atoms with Gasteiger partial charge in [0.1, 0.15) is 11.4 Å². The molecule has 2 heterocycles. The molecule has 3 aromatic rings. The van der Waals surface area contributed by atoms with Crippen molar-refractivity contribution >= 4 is 17.4 Å². The predicted octanol–water partition coefficient (Wildman–Crippen LogP) is 3.12. The second kappa shape index (κ2) is 6.31. The third-order valence-electron chi connectivity index (χ3n) is 3.97. The van der Waals surface area contributed by atoms with Crippen molar-refractivity contribution in [2.24, 2.45) is 5.73 Å². The van der Waals surface area contributed by atoms with Crippen LogP contribution in [0.2, 0.25) is 0 Å². The summed E-state index contributed by atoms with van der Waals surface area (Å²) in [7, 11) is 0. The van der Waals surface area contributed by atoms with Gasteiger partial charge in [-0.05, 0) is 24.5 Å². The summed E-state index contributed by atoms with van der Waals surface area (Å²) in [4.78, 5) is 16.4. The van der Waals surface area contributed by atoms with Gasteiger partial charge in [0, 0.05) is 12.2 Å². The van der Waals surface area contributed by atoms with Crippen LogP contribution < -0.4 is 11.1 Å². The predicted molar refractivity (Wildman–Crippen MR) is 94.1 cm³/mol. The van der Waals surface area contributed by atoms with E-state index in [1.807, 2.05) is 38.1 Å². The summed E-state index contributed by atoms with van der Waals surface area (Å²) in [6, 6.07) is 12.0. The third-order valence-corrected chi connectivity index (χ3v) is 3.97. The number of carbonyl (C=O) groups excluding carboxylic acids is 1.